The highest BCUT2D eigenvalue weighted by Gasteiger charge is 2.17. The van der Waals surface area contributed by atoms with Crippen molar-refractivity contribution < 1.29 is 19.1 Å². The van der Waals surface area contributed by atoms with E-state index >= 15 is 0 Å². The lowest BCUT2D eigenvalue weighted by Crippen LogP contribution is -2.43. The van der Waals surface area contributed by atoms with Crippen LogP contribution in [-0.4, -0.2) is 56.2 Å². The van der Waals surface area contributed by atoms with E-state index < -0.39 is 0 Å². The average molecular weight is 321 g/mol. The molecule has 126 valence electrons. The first-order chi connectivity index (χ1) is 11.2. The number of anilines is 1. The maximum atomic E-state index is 12.1. The summed E-state index contributed by atoms with van der Waals surface area (Å²) in [5, 5.41) is 2.78. The summed E-state index contributed by atoms with van der Waals surface area (Å²) in [7, 11) is 0. The topological polar surface area (TPSA) is 93.9 Å². The number of nitrogens with one attached hydrogen (secondary N) is 1. The quantitative estimate of drug-likeness (QED) is 0.767. The van der Waals surface area contributed by atoms with Crippen LogP contribution in [-0.2, 0) is 14.3 Å². The Morgan fingerprint density at radius 1 is 1.26 bits per heavy atom. The fraction of sp³-hybridized carbons (Fsp3) is 0.500. The van der Waals surface area contributed by atoms with Crippen LogP contribution in [0.4, 0.5) is 5.69 Å². The molecule has 1 aliphatic heterocycles. The van der Waals surface area contributed by atoms with Gasteiger partial charge in [-0.3, -0.25) is 9.59 Å². The van der Waals surface area contributed by atoms with Crippen LogP contribution >= 0.6 is 0 Å². The minimum atomic E-state index is -0.119. The minimum Gasteiger partial charge on any atom is -0.482 e. The second kappa shape index (κ2) is 9.12. The van der Waals surface area contributed by atoms with Crippen LogP contribution in [0.2, 0.25) is 0 Å². The molecule has 7 heteroatoms. The van der Waals surface area contributed by atoms with Crippen molar-refractivity contribution in [2.45, 2.75) is 12.8 Å². The molecule has 0 radical (unpaired) electrons. The number of morpholine rings is 1. The summed E-state index contributed by atoms with van der Waals surface area (Å²) in [6, 6.07) is 7.07. The molecular formula is C16H23N3O4. The van der Waals surface area contributed by atoms with Crippen molar-refractivity contribution in [1.29, 1.82) is 0 Å². The lowest BCUT2D eigenvalue weighted by Gasteiger charge is -2.26. The monoisotopic (exact) mass is 321 g/mol. The molecule has 0 spiro atoms. The predicted molar refractivity (Wildman–Crippen MR) is 86.3 cm³/mol. The number of rotatable bonds is 7. The Morgan fingerprint density at radius 2 is 2.00 bits per heavy atom. The highest BCUT2D eigenvalue weighted by Crippen LogP contribution is 2.24. The fourth-order valence-corrected chi connectivity index (χ4v) is 2.21. The van der Waals surface area contributed by atoms with E-state index in [2.05, 4.69) is 5.32 Å². The zero-order valence-electron chi connectivity index (χ0n) is 13.1. The van der Waals surface area contributed by atoms with Gasteiger partial charge in [-0.15, -0.1) is 0 Å². The highest BCUT2D eigenvalue weighted by atomic mass is 16.5. The number of hydrogen-bond donors (Lipinski definition) is 2. The molecule has 1 aromatic carbocycles. The number of carbonyl (C=O) groups excluding carboxylic acids is 2. The van der Waals surface area contributed by atoms with Crippen LogP contribution in [0.1, 0.15) is 12.8 Å². The lowest BCUT2D eigenvalue weighted by molar-refractivity contribution is -0.137. The smallest absolute Gasteiger partial charge is 0.260 e. The number of ether oxygens (including phenoxy) is 2. The molecule has 1 heterocycles. The second-order valence-electron chi connectivity index (χ2n) is 5.22. The summed E-state index contributed by atoms with van der Waals surface area (Å²) < 4.78 is 10.8. The van der Waals surface area contributed by atoms with Crippen molar-refractivity contribution in [3.63, 3.8) is 0 Å². The third-order valence-electron chi connectivity index (χ3n) is 3.48. The largest absolute Gasteiger partial charge is 0.482 e. The first kappa shape index (κ1) is 17.2. The summed E-state index contributed by atoms with van der Waals surface area (Å²) >= 11 is 0. The van der Waals surface area contributed by atoms with Crippen molar-refractivity contribution >= 4 is 17.5 Å². The summed E-state index contributed by atoms with van der Waals surface area (Å²) in [5.41, 5.74) is 5.96. The van der Waals surface area contributed by atoms with Gasteiger partial charge in [0.1, 0.15) is 5.75 Å². The van der Waals surface area contributed by atoms with Crippen LogP contribution in [0.3, 0.4) is 0 Å². The van der Waals surface area contributed by atoms with Crippen LogP contribution in [0.25, 0.3) is 0 Å². The van der Waals surface area contributed by atoms with Crippen molar-refractivity contribution in [2.75, 3.05) is 44.8 Å². The number of benzene rings is 1. The highest BCUT2D eigenvalue weighted by molar-refractivity contribution is 5.92. The molecule has 0 atom stereocenters. The van der Waals surface area contributed by atoms with Gasteiger partial charge in [-0.25, -0.2) is 0 Å². The van der Waals surface area contributed by atoms with Gasteiger partial charge in [0.15, 0.2) is 6.61 Å². The SMILES string of the molecule is NCCCC(=O)Nc1ccccc1OCC(=O)N1CCOCC1. The van der Waals surface area contributed by atoms with Crippen molar-refractivity contribution in [1.82, 2.24) is 4.90 Å². The molecule has 23 heavy (non-hydrogen) atoms. The second-order valence-corrected chi connectivity index (χ2v) is 5.22. The molecule has 0 saturated carbocycles. The first-order valence-corrected chi connectivity index (χ1v) is 7.78. The zero-order valence-corrected chi connectivity index (χ0v) is 13.1. The molecule has 0 unspecified atom stereocenters. The molecule has 2 amide bonds. The Balaban J connectivity index is 1.89. The van der Waals surface area contributed by atoms with Gasteiger partial charge in [-0.1, -0.05) is 12.1 Å². The van der Waals surface area contributed by atoms with E-state index in [4.69, 9.17) is 15.2 Å². The Morgan fingerprint density at radius 3 is 2.74 bits per heavy atom. The van der Waals surface area contributed by atoms with Crippen molar-refractivity contribution in [3.8, 4) is 5.75 Å². The standard InChI is InChI=1S/C16H23N3O4/c17-7-3-6-15(20)18-13-4-1-2-5-14(13)23-12-16(21)19-8-10-22-11-9-19/h1-2,4-5H,3,6-12,17H2,(H,18,20). The zero-order chi connectivity index (χ0) is 16.5. The number of nitrogens with zero attached hydrogens (tertiary/aromatic N) is 1. The van der Waals surface area contributed by atoms with E-state index in [1.54, 1.807) is 29.2 Å². The predicted octanol–water partition coefficient (Wildman–Crippen LogP) is 0.602. The molecule has 1 aliphatic rings. The minimum absolute atomic E-state index is 0.0598. The van der Waals surface area contributed by atoms with E-state index in [9.17, 15) is 9.59 Å². The van der Waals surface area contributed by atoms with E-state index in [0.29, 0.717) is 57.1 Å². The maximum Gasteiger partial charge on any atom is 0.260 e. The molecule has 0 bridgehead atoms. The summed E-state index contributed by atoms with van der Waals surface area (Å²) in [6.45, 7) is 2.69. The molecule has 2 rings (SSSR count). The van der Waals surface area contributed by atoms with Gasteiger partial charge in [-0.05, 0) is 25.1 Å². The molecule has 1 aromatic rings. The van der Waals surface area contributed by atoms with E-state index in [-0.39, 0.29) is 18.4 Å². The van der Waals surface area contributed by atoms with E-state index in [1.165, 1.54) is 0 Å². The normalized spacial score (nSPS) is 14.4. The number of hydrogen-bond acceptors (Lipinski definition) is 5. The average Bonchev–Trinajstić information content (AvgIpc) is 2.59. The summed E-state index contributed by atoms with van der Waals surface area (Å²) in [4.78, 5) is 25.6. The molecule has 1 fully saturated rings. The van der Waals surface area contributed by atoms with Gasteiger partial charge in [0, 0.05) is 19.5 Å². The van der Waals surface area contributed by atoms with Gasteiger partial charge in [0.05, 0.1) is 18.9 Å². The maximum absolute atomic E-state index is 12.1. The van der Waals surface area contributed by atoms with Gasteiger partial charge < -0.3 is 25.4 Å². The van der Waals surface area contributed by atoms with E-state index in [0.717, 1.165) is 0 Å². The number of carbonyl (C=O) groups is 2. The number of nitrogens with two attached hydrogens (primary N) is 1. The molecule has 3 N–H and O–H groups in total. The lowest BCUT2D eigenvalue weighted by atomic mass is 10.2. The number of para-hydroxylation sites is 2. The van der Waals surface area contributed by atoms with Crippen LogP contribution in [0, 0.1) is 0 Å². The van der Waals surface area contributed by atoms with Crippen molar-refractivity contribution in [2.24, 2.45) is 5.73 Å². The molecule has 0 aliphatic carbocycles. The third kappa shape index (κ3) is 5.54. The van der Waals surface area contributed by atoms with Crippen LogP contribution < -0.4 is 15.8 Å². The number of amides is 2. The fourth-order valence-electron chi connectivity index (χ4n) is 2.21. The van der Waals surface area contributed by atoms with Crippen molar-refractivity contribution in [3.05, 3.63) is 24.3 Å². The Bertz CT molecular complexity index is 530. The van der Waals surface area contributed by atoms with Gasteiger partial charge in [0.2, 0.25) is 5.91 Å². The Labute approximate surface area is 135 Å². The molecular weight excluding hydrogens is 298 g/mol. The molecule has 7 nitrogen and oxygen atoms in total. The first-order valence-electron chi connectivity index (χ1n) is 7.78. The van der Waals surface area contributed by atoms with Gasteiger partial charge in [0.25, 0.3) is 5.91 Å². The van der Waals surface area contributed by atoms with E-state index in [1.807, 2.05) is 0 Å². The van der Waals surface area contributed by atoms with Crippen LogP contribution in [0.5, 0.6) is 5.75 Å². The summed E-state index contributed by atoms with van der Waals surface area (Å²) in [6.07, 6.45) is 0.988. The Hall–Kier alpha value is -2.12. The third-order valence-corrected chi connectivity index (χ3v) is 3.48. The van der Waals surface area contributed by atoms with Gasteiger partial charge in [-0.2, -0.15) is 0 Å². The molecule has 1 saturated heterocycles. The molecule has 0 aromatic heterocycles. The summed E-state index contributed by atoms with van der Waals surface area (Å²) in [5.74, 6) is 0.277. The van der Waals surface area contributed by atoms with Gasteiger partial charge >= 0.3 is 0 Å². The van der Waals surface area contributed by atoms with Crippen LogP contribution in [0.15, 0.2) is 24.3 Å². The Kier molecular flexibility index (Phi) is 6.83.